The number of benzene rings is 1. The van der Waals surface area contributed by atoms with Crippen molar-refractivity contribution < 1.29 is 4.79 Å². The Balaban J connectivity index is 1.69. The molecule has 1 fully saturated rings. The number of hydrogen-bond donors (Lipinski definition) is 1. The number of nitrogens with one attached hydrogen (secondary N) is 1. The fourth-order valence-electron chi connectivity index (χ4n) is 3.50. The van der Waals surface area contributed by atoms with E-state index >= 15 is 0 Å². The van der Waals surface area contributed by atoms with Gasteiger partial charge in [0.15, 0.2) is 0 Å². The first-order chi connectivity index (χ1) is 12.9. The first-order valence-corrected chi connectivity index (χ1v) is 10.1. The van der Waals surface area contributed by atoms with Gasteiger partial charge in [0.05, 0.1) is 5.69 Å². The highest BCUT2D eigenvalue weighted by Gasteiger charge is 2.25. The molecule has 1 aliphatic heterocycles. The van der Waals surface area contributed by atoms with Crippen LogP contribution >= 0.6 is 15.9 Å². The quantitative estimate of drug-likeness (QED) is 0.784. The van der Waals surface area contributed by atoms with Gasteiger partial charge < -0.3 is 15.1 Å². The third-order valence-corrected chi connectivity index (χ3v) is 5.48. The second-order valence-electron chi connectivity index (χ2n) is 7.13. The van der Waals surface area contributed by atoms with Gasteiger partial charge in [-0.1, -0.05) is 26.0 Å². The number of aryl methyl sites for hydroxylation is 2. The zero-order valence-corrected chi connectivity index (χ0v) is 17.9. The summed E-state index contributed by atoms with van der Waals surface area (Å²) in [5.41, 5.74) is 3.03. The SMILES string of the molecule is Cc1nc(C)c(C(C)C)c(N2CCN(C(=O)Nc3ccccc3Br)CC2)n1. The molecule has 3 rings (SSSR count). The van der Waals surface area contributed by atoms with Gasteiger partial charge in [0.2, 0.25) is 0 Å². The van der Waals surface area contributed by atoms with Gasteiger partial charge in [-0.3, -0.25) is 0 Å². The molecule has 0 bridgehead atoms. The van der Waals surface area contributed by atoms with Crippen LogP contribution in [0.25, 0.3) is 0 Å². The Kier molecular flexibility index (Phi) is 5.99. The van der Waals surface area contributed by atoms with Crippen molar-refractivity contribution in [3.63, 3.8) is 0 Å². The number of halogens is 1. The van der Waals surface area contributed by atoms with Crippen LogP contribution in [0.1, 0.15) is 36.8 Å². The number of carbonyl (C=O) groups is 1. The first kappa shape index (κ1) is 19.6. The van der Waals surface area contributed by atoms with Gasteiger partial charge in [-0.15, -0.1) is 0 Å². The number of para-hydroxylation sites is 1. The van der Waals surface area contributed by atoms with E-state index in [9.17, 15) is 4.79 Å². The Morgan fingerprint density at radius 3 is 2.41 bits per heavy atom. The van der Waals surface area contributed by atoms with Crippen molar-refractivity contribution in [1.82, 2.24) is 14.9 Å². The minimum Gasteiger partial charge on any atom is -0.353 e. The normalized spacial score (nSPS) is 14.6. The molecular formula is C20H26BrN5O. The molecule has 1 aromatic heterocycles. The number of nitrogens with zero attached hydrogens (tertiary/aromatic N) is 4. The predicted octanol–water partition coefficient (Wildman–Crippen LogP) is 4.33. The van der Waals surface area contributed by atoms with Gasteiger partial charge in [-0.05, 0) is 47.8 Å². The number of hydrogen-bond acceptors (Lipinski definition) is 4. The molecule has 7 heteroatoms. The Labute approximate surface area is 169 Å². The molecule has 0 unspecified atom stereocenters. The minimum absolute atomic E-state index is 0.0688. The monoisotopic (exact) mass is 431 g/mol. The van der Waals surface area contributed by atoms with Crippen LogP contribution in [0.4, 0.5) is 16.3 Å². The average Bonchev–Trinajstić information content (AvgIpc) is 2.62. The predicted molar refractivity (Wildman–Crippen MR) is 113 cm³/mol. The summed E-state index contributed by atoms with van der Waals surface area (Å²) < 4.78 is 0.880. The van der Waals surface area contributed by atoms with Crippen molar-refractivity contribution >= 4 is 33.5 Å². The van der Waals surface area contributed by atoms with Crippen LogP contribution in [-0.4, -0.2) is 47.1 Å². The fraction of sp³-hybridized carbons (Fsp3) is 0.450. The number of carbonyl (C=O) groups excluding carboxylic acids is 1. The van der Waals surface area contributed by atoms with E-state index in [4.69, 9.17) is 4.98 Å². The van der Waals surface area contributed by atoms with Crippen LogP contribution < -0.4 is 10.2 Å². The summed E-state index contributed by atoms with van der Waals surface area (Å²) in [6, 6.07) is 7.57. The van der Waals surface area contributed by atoms with E-state index in [1.807, 2.05) is 36.1 Å². The van der Waals surface area contributed by atoms with E-state index in [0.717, 1.165) is 40.6 Å². The highest BCUT2D eigenvalue weighted by Crippen LogP contribution is 2.29. The van der Waals surface area contributed by atoms with Crippen LogP contribution in [0.3, 0.4) is 0 Å². The molecule has 0 spiro atoms. The molecule has 0 saturated carbocycles. The van der Waals surface area contributed by atoms with E-state index in [1.54, 1.807) is 0 Å². The van der Waals surface area contributed by atoms with E-state index < -0.39 is 0 Å². The van der Waals surface area contributed by atoms with Crippen LogP contribution in [0.5, 0.6) is 0 Å². The van der Waals surface area contributed by atoms with Crippen LogP contribution in [0.2, 0.25) is 0 Å². The maximum absolute atomic E-state index is 12.6. The van der Waals surface area contributed by atoms with Crippen molar-refractivity contribution in [3.05, 3.63) is 45.8 Å². The maximum Gasteiger partial charge on any atom is 0.321 e. The van der Waals surface area contributed by atoms with Gasteiger partial charge in [0.25, 0.3) is 0 Å². The summed E-state index contributed by atoms with van der Waals surface area (Å²) in [5, 5.41) is 2.98. The lowest BCUT2D eigenvalue weighted by Gasteiger charge is -2.37. The number of piperazine rings is 1. The standard InChI is InChI=1S/C20H26BrN5O/c1-13(2)18-14(3)22-15(4)23-19(18)25-9-11-26(12-10-25)20(27)24-17-8-6-5-7-16(17)21/h5-8,13H,9-12H2,1-4H3,(H,24,27). The van der Waals surface area contributed by atoms with E-state index in [-0.39, 0.29) is 6.03 Å². The molecule has 1 aliphatic rings. The van der Waals surface area contributed by atoms with E-state index in [0.29, 0.717) is 19.0 Å². The van der Waals surface area contributed by atoms with Gasteiger partial charge in [-0.2, -0.15) is 0 Å². The number of aromatic nitrogens is 2. The molecule has 2 heterocycles. The van der Waals surface area contributed by atoms with Crippen molar-refractivity contribution in [2.75, 3.05) is 36.4 Å². The molecule has 27 heavy (non-hydrogen) atoms. The zero-order valence-electron chi connectivity index (χ0n) is 16.3. The zero-order chi connectivity index (χ0) is 19.6. The molecule has 6 nitrogen and oxygen atoms in total. The van der Waals surface area contributed by atoms with Gasteiger partial charge in [0.1, 0.15) is 11.6 Å². The lowest BCUT2D eigenvalue weighted by molar-refractivity contribution is 0.208. The number of urea groups is 1. The number of rotatable bonds is 3. The number of amides is 2. The van der Waals surface area contributed by atoms with Crippen molar-refractivity contribution in [3.8, 4) is 0 Å². The Morgan fingerprint density at radius 1 is 1.11 bits per heavy atom. The molecule has 0 atom stereocenters. The average molecular weight is 432 g/mol. The van der Waals surface area contributed by atoms with Crippen LogP contribution in [-0.2, 0) is 0 Å². The topological polar surface area (TPSA) is 61.4 Å². The highest BCUT2D eigenvalue weighted by molar-refractivity contribution is 9.10. The molecule has 2 aromatic rings. The van der Waals surface area contributed by atoms with Gasteiger partial charge >= 0.3 is 6.03 Å². The lowest BCUT2D eigenvalue weighted by Crippen LogP contribution is -2.50. The summed E-state index contributed by atoms with van der Waals surface area (Å²) in [6.45, 7) is 11.2. The molecule has 1 N–H and O–H groups in total. The Hall–Kier alpha value is -2.15. The van der Waals surface area contributed by atoms with Crippen molar-refractivity contribution in [1.29, 1.82) is 0 Å². The van der Waals surface area contributed by atoms with Crippen molar-refractivity contribution in [2.24, 2.45) is 0 Å². The summed E-state index contributed by atoms with van der Waals surface area (Å²) in [7, 11) is 0. The second-order valence-corrected chi connectivity index (χ2v) is 7.99. The van der Waals surface area contributed by atoms with Crippen LogP contribution in [0.15, 0.2) is 28.7 Å². The van der Waals surface area contributed by atoms with E-state index in [1.165, 1.54) is 5.56 Å². The smallest absolute Gasteiger partial charge is 0.321 e. The Bertz CT molecular complexity index is 831. The molecule has 0 aliphatic carbocycles. The summed E-state index contributed by atoms with van der Waals surface area (Å²) in [6.07, 6.45) is 0. The molecular weight excluding hydrogens is 406 g/mol. The molecule has 144 valence electrons. The summed E-state index contributed by atoms with van der Waals surface area (Å²) in [4.78, 5) is 26.0. The summed E-state index contributed by atoms with van der Waals surface area (Å²) >= 11 is 3.47. The third-order valence-electron chi connectivity index (χ3n) is 4.79. The van der Waals surface area contributed by atoms with Gasteiger partial charge in [-0.25, -0.2) is 14.8 Å². The van der Waals surface area contributed by atoms with Crippen molar-refractivity contribution in [2.45, 2.75) is 33.6 Å². The fourth-order valence-corrected chi connectivity index (χ4v) is 3.88. The summed E-state index contributed by atoms with van der Waals surface area (Å²) in [5.74, 6) is 2.17. The Morgan fingerprint density at radius 2 is 1.78 bits per heavy atom. The first-order valence-electron chi connectivity index (χ1n) is 9.27. The van der Waals surface area contributed by atoms with E-state index in [2.05, 4.69) is 51.9 Å². The minimum atomic E-state index is -0.0688. The van der Waals surface area contributed by atoms with Crippen LogP contribution in [0, 0.1) is 13.8 Å². The number of anilines is 2. The molecule has 1 saturated heterocycles. The lowest BCUT2D eigenvalue weighted by atomic mass is 10.0. The molecule has 0 radical (unpaired) electrons. The third kappa shape index (κ3) is 4.40. The second kappa shape index (κ2) is 8.25. The van der Waals surface area contributed by atoms with Gasteiger partial charge in [0, 0.05) is 41.9 Å². The largest absolute Gasteiger partial charge is 0.353 e. The molecule has 1 aromatic carbocycles. The highest BCUT2D eigenvalue weighted by atomic mass is 79.9. The molecule has 2 amide bonds. The maximum atomic E-state index is 12.6.